The molecule has 3 aromatic rings. The number of rotatable bonds is 1. The van der Waals surface area contributed by atoms with Gasteiger partial charge in [0.15, 0.2) is 5.58 Å². The Bertz CT molecular complexity index is 863. The molecule has 0 atom stereocenters. The number of nitrogens with zero attached hydrogens (tertiary/aromatic N) is 2. The Morgan fingerprint density at radius 1 is 1.00 bits per heavy atom. The summed E-state index contributed by atoms with van der Waals surface area (Å²) in [5.74, 6) is 0.616. The van der Waals surface area contributed by atoms with E-state index < -0.39 is 0 Å². The van der Waals surface area contributed by atoms with Crippen molar-refractivity contribution >= 4 is 22.9 Å². The minimum absolute atomic E-state index is 0.187. The lowest BCUT2D eigenvalue weighted by Gasteiger charge is -2.05. The highest BCUT2D eigenvalue weighted by Gasteiger charge is 2.14. The number of oxazole rings is 1. The van der Waals surface area contributed by atoms with Gasteiger partial charge in [-0.15, -0.1) is 0 Å². The fourth-order valence-electron chi connectivity index (χ4n) is 2.53. The molecule has 4 N–H and O–H groups in total. The number of aromatic nitrogens is 1. The summed E-state index contributed by atoms with van der Waals surface area (Å²) in [5, 5.41) is 0. The summed E-state index contributed by atoms with van der Waals surface area (Å²) < 4.78 is 5.36. The van der Waals surface area contributed by atoms with Crippen LogP contribution >= 0.6 is 0 Å². The first-order chi connectivity index (χ1) is 9.70. The minimum atomic E-state index is 0.187. The van der Waals surface area contributed by atoms with Gasteiger partial charge in [0, 0.05) is 5.56 Å². The van der Waals surface area contributed by atoms with Crippen molar-refractivity contribution in [3.05, 3.63) is 47.5 Å². The van der Waals surface area contributed by atoms with Crippen LogP contribution in [0.3, 0.4) is 0 Å². The second-order valence-corrected chi connectivity index (χ2v) is 4.81. The molecule has 2 aromatic carbocycles. The first-order valence-corrected chi connectivity index (χ1v) is 6.30. The fraction of sp³-hybridized carbons (Fsp3) is 0.0667. The lowest BCUT2D eigenvalue weighted by Crippen LogP contribution is -2.10. The van der Waals surface area contributed by atoms with Gasteiger partial charge in [0.2, 0.25) is 0 Å². The molecule has 5 heteroatoms. The molecule has 0 aliphatic carbocycles. The van der Waals surface area contributed by atoms with Crippen molar-refractivity contribution < 1.29 is 4.42 Å². The number of hydrogen-bond acceptors (Lipinski definition) is 5. The van der Waals surface area contributed by atoms with E-state index >= 15 is 0 Å². The van der Waals surface area contributed by atoms with Gasteiger partial charge in [-0.05, 0) is 34.9 Å². The number of anilines is 1. The number of aliphatic imine (C=N–C) groups is 1. The summed E-state index contributed by atoms with van der Waals surface area (Å²) in [6.45, 7) is 0.645. The molecule has 1 aliphatic heterocycles. The molecule has 0 saturated heterocycles. The fourth-order valence-corrected chi connectivity index (χ4v) is 2.53. The van der Waals surface area contributed by atoms with Crippen molar-refractivity contribution in [2.24, 2.45) is 10.7 Å². The minimum Gasteiger partial charge on any atom is -0.424 e. The zero-order valence-corrected chi connectivity index (χ0v) is 10.6. The van der Waals surface area contributed by atoms with Crippen molar-refractivity contribution in [3.8, 4) is 11.1 Å². The topological polar surface area (TPSA) is 90.4 Å². The summed E-state index contributed by atoms with van der Waals surface area (Å²) in [6.07, 6.45) is 0. The highest BCUT2D eigenvalue weighted by atomic mass is 16.4. The molecule has 0 bridgehead atoms. The molecule has 0 amide bonds. The maximum Gasteiger partial charge on any atom is 0.292 e. The third-order valence-corrected chi connectivity index (χ3v) is 3.54. The Hall–Kier alpha value is -2.82. The van der Waals surface area contributed by atoms with Gasteiger partial charge < -0.3 is 15.9 Å². The molecule has 1 aliphatic rings. The summed E-state index contributed by atoms with van der Waals surface area (Å²) in [6, 6.07) is 12.2. The first-order valence-electron chi connectivity index (χ1n) is 6.30. The van der Waals surface area contributed by atoms with Crippen molar-refractivity contribution in [1.29, 1.82) is 0 Å². The maximum atomic E-state index is 5.83. The highest BCUT2D eigenvalue weighted by Crippen LogP contribution is 2.28. The van der Waals surface area contributed by atoms with E-state index in [0.717, 1.165) is 27.8 Å². The second-order valence-electron chi connectivity index (χ2n) is 4.81. The van der Waals surface area contributed by atoms with Gasteiger partial charge in [0.1, 0.15) is 11.4 Å². The van der Waals surface area contributed by atoms with Gasteiger partial charge in [-0.2, -0.15) is 4.98 Å². The van der Waals surface area contributed by atoms with Gasteiger partial charge in [-0.3, -0.25) is 4.99 Å². The Labute approximate surface area is 114 Å². The molecule has 1 aromatic heterocycles. The van der Waals surface area contributed by atoms with Crippen LogP contribution in [-0.4, -0.2) is 10.8 Å². The van der Waals surface area contributed by atoms with Crippen LogP contribution in [0.2, 0.25) is 0 Å². The average molecular weight is 264 g/mol. The number of nitrogen functional groups attached to an aromatic ring is 1. The van der Waals surface area contributed by atoms with Crippen LogP contribution in [0.1, 0.15) is 11.1 Å². The first kappa shape index (κ1) is 11.0. The van der Waals surface area contributed by atoms with Crippen LogP contribution in [-0.2, 0) is 6.54 Å². The molecule has 98 valence electrons. The monoisotopic (exact) mass is 264 g/mol. The standard InChI is InChI=1S/C15H12N4O/c16-14-11-3-1-8(5-10(11)7-18-14)9-2-4-12-13(6-9)20-15(17)19-12/h1-6H,7H2,(H2,16,18)(H2,17,19). The highest BCUT2D eigenvalue weighted by molar-refractivity contribution is 6.01. The molecule has 20 heavy (non-hydrogen) atoms. The van der Waals surface area contributed by atoms with Crippen molar-refractivity contribution in [2.45, 2.75) is 6.54 Å². The number of hydrogen-bond donors (Lipinski definition) is 2. The van der Waals surface area contributed by atoms with E-state index in [1.54, 1.807) is 0 Å². The van der Waals surface area contributed by atoms with Crippen molar-refractivity contribution in [1.82, 2.24) is 4.98 Å². The lowest BCUT2D eigenvalue weighted by molar-refractivity contribution is 0.626. The summed E-state index contributed by atoms with van der Waals surface area (Å²) in [4.78, 5) is 8.33. The van der Waals surface area contributed by atoms with Gasteiger partial charge >= 0.3 is 0 Å². The normalized spacial score (nSPS) is 13.5. The number of amidine groups is 1. The van der Waals surface area contributed by atoms with Gasteiger partial charge in [-0.1, -0.05) is 18.2 Å². The number of fused-ring (bicyclic) bond motifs is 2. The number of benzene rings is 2. The molecule has 5 nitrogen and oxygen atoms in total. The second kappa shape index (κ2) is 3.84. The Balaban J connectivity index is 1.83. The van der Waals surface area contributed by atoms with Crippen LogP contribution in [0.15, 0.2) is 45.8 Å². The zero-order valence-electron chi connectivity index (χ0n) is 10.6. The van der Waals surface area contributed by atoms with Crippen LogP contribution in [0.5, 0.6) is 0 Å². The molecule has 0 radical (unpaired) electrons. The predicted octanol–water partition coefficient (Wildman–Crippen LogP) is 2.30. The maximum absolute atomic E-state index is 5.83. The molecule has 0 fully saturated rings. The van der Waals surface area contributed by atoms with Crippen molar-refractivity contribution in [3.63, 3.8) is 0 Å². The number of nitrogens with two attached hydrogens (primary N) is 2. The Morgan fingerprint density at radius 3 is 2.70 bits per heavy atom. The quantitative estimate of drug-likeness (QED) is 0.705. The lowest BCUT2D eigenvalue weighted by atomic mass is 10.00. The molecular formula is C15H12N4O. The van der Waals surface area contributed by atoms with Crippen LogP contribution in [0.4, 0.5) is 6.01 Å². The third kappa shape index (κ3) is 1.56. The molecule has 4 rings (SSSR count). The van der Waals surface area contributed by atoms with E-state index in [0.29, 0.717) is 18.0 Å². The molecule has 0 spiro atoms. The zero-order chi connectivity index (χ0) is 13.7. The van der Waals surface area contributed by atoms with E-state index in [1.807, 2.05) is 30.3 Å². The molecule has 0 saturated carbocycles. The summed E-state index contributed by atoms with van der Waals surface area (Å²) in [5.41, 5.74) is 17.2. The summed E-state index contributed by atoms with van der Waals surface area (Å²) >= 11 is 0. The van der Waals surface area contributed by atoms with E-state index in [-0.39, 0.29) is 6.01 Å². The average Bonchev–Trinajstić information content (AvgIpc) is 3.00. The SMILES string of the molecule is NC1=NCc2cc(-c3ccc4nc(N)oc4c3)ccc21. The van der Waals surface area contributed by atoms with Crippen molar-refractivity contribution in [2.75, 3.05) is 5.73 Å². The van der Waals surface area contributed by atoms with E-state index in [4.69, 9.17) is 15.9 Å². The van der Waals surface area contributed by atoms with Crippen LogP contribution in [0.25, 0.3) is 22.2 Å². The predicted molar refractivity (Wildman–Crippen MR) is 78.3 cm³/mol. The Morgan fingerprint density at radius 2 is 1.80 bits per heavy atom. The van der Waals surface area contributed by atoms with E-state index in [9.17, 15) is 0 Å². The van der Waals surface area contributed by atoms with Gasteiger partial charge in [0.05, 0.1) is 6.54 Å². The molecule has 2 heterocycles. The van der Waals surface area contributed by atoms with Crippen LogP contribution in [0, 0.1) is 0 Å². The van der Waals surface area contributed by atoms with E-state index in [2.05, 4.69) is 16.0 Å². The van der Waals surface area contributed by atoms with Gasteiger partial charge in [0.25, 0.3) is 6.01 Å². The smallest absolute Gasteiger partial charge is 0.292 e. The summed E-state index contributed by atoms with van der Waals surface area (Å²) in [7, 11) is 0. The third-order valence-electron chi connectivity index (χ3n) is 3.54. The largest absolute Gasteiger partial charge is 0.424 e. The molecule has 0 unspecified atom stereocenters. The molecular weight excluding hydrogens is 252 g/mol. The van der Waals surface area contributed by atoms with Crippen LogP contribution < -0.4 is 11.5 Å². The van der Waals surface area contributed by atoms with Gasteiger partial charge in [-0.25, -0.2) is 0 Å². The van der Waals surface area contributed by atoms with E-state index in [1.165, 1.54) is 0 Å². The Kier molecular flexibility index (Phi) is 2.12.